The molecule has 20 heavy (non-hydrogen) atoms. The monoisotopic (exact) mass is 314 g/mol. The number of nitrogens with zero attached hydrogens (tertiary/aromatic N) is 2. The van der Waals surface area contributed by atoms with Crippen LogP contribution in [0.25, 0.3) is 0 Å². The van der Waals surface area contributed by atoms with Gasteiger partial charge in [-0.15, -0.1) is 0 Å². The van der Waals surface area contributed by atoms with E-state index < -0.39 is 10.0 Å². The molecule has 1 fully saturated rings. The van der Waals surface area contributed by atoms with Gasteiger partial charge < -0.3 is 0 Å². The molecule has 0 radical (unpaired) electrons. The van der Waals surface area contributed by atoms with Crippen molar-refractivity contribution in [2.45, 2.75) is 5.75 Å². The molecule has 1 aliphatic heterocycles. The molecular weight excluding hydrogens is 296 g/mol. The van der Waals surface area contributed by atoms with Crippen molar-refractivity contribution in [1.82, 2.24) is 9.21 Å². The van der Waals surface area contributed by atoms with E-state index in [1.807, 2.05) is 30.3 Å². The van der Waals surface area contributed by atoms with Crippen molar-refractivity contribution in [2.75, 3.05) is 32.7 Å². The van der Waals surface area contributed by atoms with E-state index in [4.69, 9.17) is 11.6 Å². The lowest BCUT2D eigenvalue weighted by molar-refractivity contribution is 0.203. The van der Waals surface area contributed by atoms with Gasteiger partial charge in [0.2, 0.25) is 10.0 Å². The molecule has 1 aromatic rings. The van der Waals surface area contributed by atoms with Crippen molar-refractivity contribution in [2.24, 2.45) is 0 Å². The van der Waals surface area contributed by atoms with E-state index >= 15 is 0 Å². The van der Waals surface area contributed by atoms with Gasteiger partial charge in [-0.1, -0.05) is 48.5 Å². The molecular formula is C14H19ClN2O2S. The lowest BCUT2D eigenvalue weighted by Gasteiger charge is -2.33. The summed E-state index contributed by atoms with van der Waals surface area (Å²) in [7, 11) is -3.24. The molecule has 4 nitrogen and oxygen atoms in total. The van der Waals surface area contributed by atoms with Gasteiger partial charge >= 0.3 is 0 Å². The van der Waals surface area contributed by atoms with Crippen LogP contribution >= 0.6 is 11.6 Å². The van der Waals surface area contributed by atoms with E-state index in [-0.39, 0.29) is 5.75 Å². The minimum Gasteiger partial charge on any atom is -0.296 e. The smallest absolute Gasteiger partial charge is 0.218 e. The maximum atomic E-state index is 12.3. The average molecular weight is 315 g/mol. The first-order valence-electron chi connectivity index (χ1n) is 6.55. The van der Waals surface area contributed by atoms with E-state index in [0.717, 1.165) is 5.56 Å². The molecule has 2 rings (SSSR count). The summed E-state index contributed by atoms with van der Waals surface area (Å²) in [5, 5.41) is 0.589. The number of sulfonamides is 1. The minimum atomic E-state index is -3.24. The Morgan fingerprint density at radius 3 is 2.30 bits per heavy atom. The summed E-state index contributed by atoms with van der Waals surface area (Å²) in [6.07, 6.45) is 0. The van der Waals surface area contributed by atoms with Crippen LogP contribution in [0.1, 0.15) is 5.56 Å². The van der Waals surface area contributed by atoms with Crippen LogP contribution in [0.2, 0.25) is 0 Å². The van der Waals surface area contributed by atoms with Crippen LogP contribution in [-0.4, -0.2) is 50.3 Å². The molecule has 6 heteroatoms. The van der Waals surface area contributed by atoms with Gasteiger partial charge in [0.15, 0.2) is 0 Å². The zero-order valence-corrected chi connectivity index (χ0v) is 12.9. The van der Waals surface area contributed by atoms with Gasteiger partial charge in [-0.25, -0.2) is 8.42 Å². The summed E-state index contributed by atoms with van der Waals surface area (Å²) in [6.45, 7) is 6.70. The first kappa shape index (κ1) is 15.5. The maximum Gasteiger partial charge on any atom is 0.218 e. The van der Waals surface area contributed by atoms with Crippen molar-refractivity contribution in [3.05, 3.63) is 47.5 Å². The van der Waals surface area contributed by atoms with Crippen molar-refractivity contribution in [3.8, 4) is 0 Å². The van der Waals surface area contributed by atoms with Gasteiger partial charge in [0.05, 0.1) is 5.75 Å². The van der Waals surface area contributed by atoms with E-state index in [1.165, 1.54) is 0 Å². The molecule has 0 bridgehead atoms. The first-order chi connectivity index (χ1) is 9.47. The molecule has 0 atom stereocenters. The largest absolute Gasteiger partial charge is 0.296 e. The Morgan fingerprint density at radius 2 is 1.75 bits per heavy atom. The predicted molar refractivity (Wildman–Crippen MR) is 82.1 cm³/mol. The summed E-state index contributed by atoms with van der Waals surface area (Å²) in [6, 6.07) is 9.27. The van der Waals surface area contributed by atoms with Crippen molar-refractivity contribution < 1.29 is 8.42 Å². The molecule has 0 amide bonds. The number of hydrogen-bond acceptors (Lipinski definition) is 3. The summed E-state index contributed by atoms with van der Waals surface area (Å²) in [5.74, 6) is 0.0655. The molecule has 1 saturated heterocycles. The van der Waals surface area contributed by atoms with Crippen LogP contribution in [0.4, 0.5) is 0 Å². The molecule has 0 unspecified atom stereocenters. The van der Waals surface area contributed by atoms with E-state index in [1.54, 1.807) is 4.31 Å². The molecule has 1 heterocycles. The second kappa shape index (κ2) is 6.72. The topological polar surface area (TPSA) is 40.6 Å². The molecule has 0 saturated carbocycles. The number of benzene rings is 1. The van der Waals surface area contributed by atoms with Gasteiger partial charge in [-0.2, -0.15) is 4.31 Å². The normalized spacial score (nSPS) is 18.1. The highest BCUT2D eigenvalue weighted by Crippen LogP contribution is 2.14. The van der Waals surface area contributed by atoms with Gasteiger partial charge in [-0.3, -0.25) is 4.90 Å². The Bertz CT molecular complexity index is 552. The Hall–Kier alpha value is -0.880. The van der Waals surface area contributed by atoms with E-state index in [0.29, 0.717) is 37.8 Å². The predicted octanol–water partition coefficient (Wildman–Crippen LogP) is 1.89. The van der Waals surface area contributed by atoms with E-state index in [2.05, 4.69) is 11.5 Å². The highest BCUT2D eigenvalue weighted by molar-refractivity contribution is 7.88. The summed E-state index contributed by atoms with van der Waals surface area (Å²) in [5.41, 5.74) is 0.823. The quantitative estimate of drug-likeness (QED) is 0.833. The third-order valence-corrected chi connectivity index (χ3v) is 5.28. The number of hydrogen-bond donors (Lipinski definition) is 0. The van der Waals surface area contributed by atoms with Crippen LogP contribution in [0.3, 0.4) is 0 Å². The summed E-state index contributed by atoms with van der Waals surface area (Å²) in [4.78, 5) is 2.11. The van der Waals surface area contributed by atoms with Gasteiger partial charge in [-0.05, 0) is 5.56 Å². The number of rotatable bonds is 5. The van der Waals surface area contributed by atoms with Crippen molar-refractivity contribution >= 4 is 21.6 Å². The summed E-state index contributed by atoms with van der Waals surface area (Å²) >= 11 is 5.78. The Balaban J connectivity index is 1.94. The van der Waals surface area contributed by atoms with Gasteiger partial charge in [0, 0.05) is 37.8 Å². The zero-order chi connectivity index (χ0) is 14.6. The van der Waals surface area contributed by atoms with E-state index in [9.17, 15) is 8.42 Å². The molecule has 0 spiro atoms. The number of halogens is 1. The van der Waals surface area contributed by atoms with Crippen LogP contribution in [-0.2, 0) is 15.8 Å². The highest BCUT2D eigenvalue weighted by Gasteiger charge is 2.26. The van der Waals surface area contributed by atoms with Crippen molar-refractivity contribution in [1.29, 1.82) is 0 Å². The third kappa shape index (κ3) is 4.31. The fourth-order valence-corrected chi connectivity index (χ4v) is 3.97. The van der Waals surface area contributed by atoms with Crippen LogP contribution in [0.15, 0.2) is 41.9 Å². The molecule has 1 aliphatic rings. The van der Waals surface area contributed by atoms with Crippen LogP contribution in [0.5, 0.6) is 0 Å². The van der Waals surface area contributed by atoms with Crippen LogP contribution in [0, 0.1) is 0 Å². The Morgan fingerprint density at radius 1 is 1.15 bits per heavy atom. The molecule has 1 aromatic carbocycles. The minimum absolute atomic E-state index is 0.0655. The fourth-order valence-electron chi connectivity index (χ4n) is 2.28. The molecule has 0 N–H and O–H groups in total. The first-order valence-corrected chi connectivity index (χ1v) is 8.53. The van der Waals surface area contributed by atoms with Gasteiger partial charge in [0.25, 0.3) is 0 Å². The SMILES string of the molecule is C=C(Cl)CN1CCN(S(=O)(=O)Cc2ccccc2)CC1. The Kier molecular flexibility index (Phi) is 5.21. The third-order valence-electron chi connectivity index (χ3n) is 3.31. The molecule has 0 aliphatic carbocycles. The average Bonchev–Trinajstić information content (AvgIpc) is 2.39. The highest BCUT2D eigenvalue weighted by atomic mass is 35.5. The zero-order valence-electron chi connectivity index (χ0n) is 11.3. The summed E-state index contributed by atoms with van der Waals surface area (Å²) < 4.78 is 26.3. The van der Waals surface area contributed by atoms with Crippen molar-refractivity contribution in [3.63, 3.8) is 0 Å². The molecule has 110 valence electrons. The van der Waals surface area contributed by atoms with Gasteiger partial charge in [0.1, 0.15) is 0 Å². The lowest BCUT2D eigenvalue weighted by Crippen LogP contribution is -2.49. The lowest BCUT2D eigenvalue weighted by atomic mass is 10.2. The van der Waals surface area contributed by atoms with Crippen LogP contribution < -0.4 is 0 Å². The maximum absolute atomic E-state index is 12.3. The number of piperazine rings is 1. The second-order valence-corrected chi connectivity index (χ2v) is 7.44. The Labute approximate surface area is 125 Å². The fraction of sp³-hybridized carbons (Fsp3) is 0.429. The second-order valence-electron chi connectivity index (χ2n) is 4.93. The standard InChI is InChI=1S/C14H19ClN2O2S/c1-13(15)11-16-7-9-17(10-8-16)20(18,19)12-14-5-3-2-4-6-14/h2-6H,1,7-12H2. The molecule has 0 aromatic heterocycles.